The van der Waals surface area contributed by atoms with Crippen molar-refractivity contribution in [2.24, 2.45) is 5.92 Å². The molecule has 1 aromatic rings. The van der Waals surface area contributed by atoms with Gasteiger partial charge in [0.05, 0.1) is 21.9 Å². The number of ether oxygens (including phenoxy) is 1. The summed E-state index contributed by atoms with van der Waals surface area (Å²) in [6.45, 7) is 0.949. The lowest BCUT2D eigenvalue weighted by molar-refractivity contribution is 0.0570. The van der Waals surface area contributed by atoms with Gasteiger partial charge in [0.1, 0.15) is 0 Å². The zero-order valence-electron chi connectivity index (χ0n) is 12.1. The number of halogens is 2. The second-order valence-electron chi connectivity index (χ2n) is 6.05. The molecular formula is C15H19Cl2NO3S. The van der Waals surface area contributed by atoms with Gasteiger partial charge in [0, 0.05) is 18.6 Å². The van der Waals surface area contributed by atoms with E-state index in [1.54, 1.807) is 12.1 Å². The molecule has 0 aromatic heterocycles. The van der Waals surface area contributed by atoms with Crippen molar-refractivity contribution in [2.75, 3.05) is 13.2 Å². The predicted octanol–water partition coefficient (Wildman–Crippen LogP) is 3.02. The maximum absolute atomic E-state index is 12.5. The fourth-order valence-electron chi connectivity index (χ4n) is 2.87. The molecule has 0 bridgehead atoms. The number of benzene rings is 1. The van der Waals surface area contributed by atoms with Crippen LogP contribution in [0, 0.1) is 5.92 Å². The molecule has 0 radical (unpaired) electrons. The average molecular weight is 364 g/mol. The van der Waals surface area contributed by atoms with Gasteiger partial charge in [-0.3, -0.25) is 0 Å². The molecule has 2 fully saturated rings. The molecule has 1 saturated carbocycles. The Labute approximate surface area is 141 Å². The number of rotatable bonds is 5. The summed E-state index contributed by atoms with van der Waals surface area (Å²) < 4.78 is 33.4. The largest absolute Gasteiger partial charge is 0.381 e. The molecule has 22 heavy (non-hydrogen) atoms. The molecular weight excluding hydrogens is 345 g/mol. The lowest BCUT2D eigenvalue weighted by atomic mass is 9.93. The smallest absolute Gasteiger partial charge is 0.215 e. The van der Waals surface area contributed by atoms with Crippen LogP contribution in [0.15, 0.2) is 18.2 Å². The maximum Gasteiger partial charge on any atom is 0.215 e. The van der Waals surface area contributed by atoms with E-state index in [0.29, 0.717) is 36.1 Å². The van der Waals surface area contributed by atoms with Crippen molar-refractivity contribution >= 4 is 33.2 Å². The van der Waals surface area contributed by atoms with Crippen LogP contribution in [0.3, 0.4) is 0 Å². The Hall–Kier alpha value is -0.330. The fourth-order valence-corrected chi connectivity index (χ4v) is 5.15. The first-order valence-corrected chi connectivity index (χ1v) is 9.79. The van der Waals surface area contributed by atoms with Crippen LogP contribution >= 0.6 is 23.2 Å². The third-order valence-electron chi connectivity index (χ3n) is 4.19. The van der Waals surface area contributed by atoms with Gasteiger partial charge in [-0.25, -0.2) is 13.1 Å². The zero-order chi connectivity index (χ0) is 15.7. The summed E-state index contributed by atoms with van der Waals surface area (Å²) in [6.07, 6.45) is 3.04. The summed E-state index contributed by atoms with van der Waals surface area (Å²) in [7, 11) is -3.30. The molecule has 1 heterocycles. The first kappa shape index (κ1) is 16.5. The van der Waals surface area contributed by atoms with Crippen molar-refractivity contribution in [2.45, 2.75) is 37.0 Å². The van der Waals surface area contributed by atoms with Crippen molar-refractivity contribution in [1.82, 2.24) is 4.72 Å². The molecule has 2 atom stereocenters. The van der Waals surface area contributed by atoms with Crippen LogP contribution in [-0.2, 0) is 21.2 Å². The highest BCUT2D eigenvalue weighted by molar-refractivity contribution is 7.90. The minimum absolute atomic E-state index is 0.0674. The minimum atomic E-state index is -3.30. The van der Waals surface area contributed by atoms with Crippen LogP contribution in [-0.4, -0.2) is 32.9 Å². The summed E-state index contributed by atoms with van der Waals surface area (Å²) in [4.78, 5) is 0. The Morgan fingerprint density at radius 2 is 1.95 bits per heavy atom. The van der Waals surface area contributed by atoms with Gasteiger partial charge in [0.2, 0.25) is 10.0 Å². The quantitative estimate of drug-likeness (QED) is 0.874. The van der Waals surface area contributed by atoms with Crippen molar-refractivity contribution in [3.8, 4) is 0 Å². The van der Waals surface area contributed by atoms with E-state index in [-0.39, 0.29) is 12.0 Å². The van der Waals surface area contributed by atoms with E-state index in [2.05, 4.69) is 4.72 Å². The van der Waals surface area contributed by atoms with E-state index in [0.717, 1.165) is 18.4 Å². The molecule has 1 aliphatic heterocycles. The van der Waals surface area contributed by atoms with Crippen LogP contribution in [0.5, 0.6) is 0 Å². The van der Waals surface area contributed by atoms with E-state index >= 15 is 0 Å². The summed E-state index contributed by atoms with van der Waals surface area (Å²) in [5, 5.41) is 0.590. The molecule has 4 nitrogen and oxygen atoms in total. The van der Waals surface area contributed by atoms with Gasteiger partial charge in [-0.15, -0.1) is 0 Å². The lowest BCUT2D eigenvalue weighted by Gasteiger charge is -2.31. The van der Waals surface area contributed by atoms with Gasteiger partial charge >= 0.3 is 0 Å². The van der Waals surface area contributed by atoms with Gasteiger partial charge in [0.15, 0.2) is 0 Å². The van der Waals surface area contributed by atoms with Crippen LogP contribution in [0.2, 0.25) is 10.0 Å². The van der Waals surface area contributed by atoms with E-state index < -0.39 is 15.3 Å². The average Bonchev–Trinajstić information content (AvgIpc) is 3.27. The Balaban J connectivity index is 1.75. The Bertz CT molecular complexity index is 646. The van der Waals surface area contributed by atoms with Gasteiger partial charge in [-0.1, -0.05) is 29.3 Å². The van der Waals surface area contributed by atoms with Crippen LogP contribution < -0.4 is 4.72 Å². The van der Waals surface area contributed by atoms with Crippen molar-refractivity contribution in [3.05, 3.63) is 33.8 Å². The third-order valence-corrected chi connectivity index (χ3v) is 7.01. The van der Waals surface area contributed by atoms with Crippen molar-refractivity contribution in [3.63, 3.8) is 0 Å². The molecule has 7 heteroatoms. The van der Waals surface area contributed by atoms with Gasteiger partial charge in [-0.2, -0.15) is 0 Å². The SMILES string of the molecule is O=S(=O)(NC1CC1)C1CCOCC1Cc1ccc(Cl)c(Cl)c1. The molecule has 2 aliphatic rings. The predicted molar refractivity (Wildman–Crippen MR) is 88.0 cm³/mol. The number of hydrogen-bond donors (Lipinski definition) is 1. The molecule has 122 valence electrons. The summed E-state index contributed by atoms with van der Waals surface area (Å²) in [5.74, 6) is -0.0674. The molecule has 3 rings (SSSR count). The zero-order valence-corrected chi connectivity index (χ0v) is 14.4. The number of hydrogen-bond acceptors (Lipinski definition) is 3. The summed E-state index contributed by atoms with van der Waals surface area (Å²) in [5.41, 5.74) is 0.983. The summed E-state index contributed by atoms with van der Waals surface area (Å²) in [6, 6.07) is 5.57. The first-order valence-electron chi connectivity index (χ1n) is 7.48. The number of sulfonamides is 1. The van der Waals surface area contributed by atoms with Gasteiger partial charge < -0.3 is 4.74 Å². The Morgan fingerprint density at radius 1 is 1.18 bits per heavy atom. The normalized spacial score (nSPS) is 26.1. The molecule has 1 saturated heterocycles. The maximum atomic E-state index is 12.5. The van der Waals surface area contributed by atoms with Gasteiger partial charge in [0.25, 0.3) is 0 Å². The van der Waals surface area contributed by atoms with Crippen LogP contribution in [0.25, 0.3) is 0 Å². The number of nitrogens with one attached hydrogen (secondary N) is 1. The fraction of sp³-hybridized carbons (Fsp3) is 0.600. The molecule has 0 spiro atoms. The van der Waals surface area contributed by atoms with E-state index in [1.165, 1.54) is 0 Å². The highest BCUT2D eigenvalue weighted by atomic mass is 35.5. The van der Waals surface area contributed by atoms with E-state index in [1.807, 2.05) is 6.07 Å². The lowest BCUT2D eigenvalue weighted by Crippen LogP contribution is -2.45. The van der Waals surface area contributed by atoms with Gasteiger partial charge in [-0.05, 0) is 43.4 Å². The van der Waals surface area contributed by atoms with Crippen molar-refractivity contribution < 1.29 is 13.2 Å². The molecule has 2 unspecified atom stereocenters. The molecule has 0 amide bonds. The Kier molecular flexibility index (Phi) is 5.00. The van der Waals surface area contributed by atoms with Crippen molar-refractivity contribution in [1.29, 1.82) is 0 Å². The third kappa shape index (κ3) is 3.95. The standard InChI is InChI=1S/C15H19Cl2NO3S/c16-13-4-1-10(8-14(13)17)7-11-9-21-6-5-15(11)22(19,20)18-12-2-3-12/h1,4,8,11-12,15,18H,2-3,5-7,9H2. The van der Waals surface area contributed by atoms with E-state index in [9.17, 15) is 8.42 Å². The van der Waals surface area contributed by atoms with Crippen LogP contribution in [0.1, 0.15) is 24.8 Å². The minimum Gasteiger partial charge on any atom is -0.381 e. The second-order valence-corrected chi connectivity index (χ2v) is 8.80. The highest BCUT2D eigenvalue weighted by Crippen LogP contribution is 2.30. The molecule has 1 N–H and O–H groups in total. The second kappa shape index (κ2) is 6.65. The summed E-state index contributed by atoms with van der Waals surface area (Å²) >= 11 is 12.0. The molecule has 1 aromatic carbocycles. The topological polar surface area (TPSA) is 55.4 Å². The van der Waals surface area contributed by atoms with E-state index in [4.69, 9.17) is 27.9 Å². The van der Waals surface area contributed by atoms with Crippen LogP contribution in [0.4, 0.5) is 0 Å². The monoisotopic (exact) mass is 363 g/mol. The Morgan fingerprint density at radius 3 is 2.64 bits per heavy atom. The first-order chi connectivity index (χ1) is 10.5. The highest BCUT2D eigenvalue weighted by Gasteiger charge is 2.39. The molecule has 1 aliphatic carbocycles.